The van der Waals surface area contributed by atoms with Gasteiger partial charge in [0.05, 0.1) is 6.42 Å². The van der Waals surface area contributed by atoms with Gasteiger partial charge in [-0.2, -0.15) is 0 Å². The lowest BCUT2D eigenvalue weighted by Gasteiger charge is -2.04. The first-order valence-corrected chi connectivity index (χ1v) is 5.60. The third-order valence-corrected chi connectivity index (χ3v) is 2.43. The van der Waals surface area contributed by atoms with Crippen LogP contribution >= 0.6 is 0 Å². The van der Waals surface area contributed by atoms with Gasteiger partial charge in [-0.05, 0) is 36.2 Å². The molecule has 0 unspecified atom stereocenters. The number of nitrogens with one attached hydrogen (secondary N) is 1. The van der Waals surface area contributed by atoms with Crippen LogP contribution in [0.3, 0.4) is 0 Å². The lowest BCUT2D eigenvalue weighted by atomic mass is 10.1. The van der Waals surface area contributed by atoms with Crippen LogP contribution in [0.5, 0.6) is 0 Å². The van der Waals surface area contributed by atoms with Crippen LogP contribution in [0.1, 0.15) is 11.1 Å². The Morgan fingerprint density at radius 1 is 1.33 bits per heavy atom. The quantitative estimate of drug-likeness (QED) is 0.902. The summed E-state index contributed by atoms with van der Waals surface area (Å²) < 4.78 is 12.9. The molecule has 1 aromatic carbocycles. The predicted molar refractivity (Wildman–Crippen MR) is 67.7 cm³/mol. The maximum Gasteiger partial charge on any atom is 0.229 e. The monoisotopic (exact) mass is 244 g/mol. The molecule has 0 fully saturated rings. The second-order valence-corrected chi connectivity index (χ2v) is 4.08. The van der Waals surface area contributed by atoms with E-state index in [4.69, 9.17) is 0 Å². The van der Waals surface area contributed by atoms with E-state index in [9.17, 15) is 9.18 Å². The van der Waals surface area contributed by atoms with Gasteiger partial charge >= 0.3 is 0 Å². The van der Waals surface area contributed by atoms with Gasteiger partial charge in [-0.1, -0.05) is 18.2 Å². The highest BCUT2D eigenvalue weighted by molar-refractivity contribution is 5.91. The van der Waals surface area contributed by atoms with E-state index in [1.165, 1.54) is 12.1 Å². The maximum absolute atomic E-state index is 12.9. The summed E-state index contributed by atoms with van der Waals surface area (Å²) >= 11 is 0. The average Bonchev–Trinajstić information content (AvgIpc) is 2.32. The average molecular weight is 244 g/mol. The van der Waals surface area contributed by atoms with Crippen molar-refractivity contribution in [2.24, 2.45) is 0 Å². The Morgan fingerprint density at radius 2 is 2.17 bits per heavy atom. The van der Waals surface area contributed by atoms with Gasteiger partial charge in [0.25, 0.3) is 0 Å². The summed E-state index contributed by atoms with van der Waals surface area (Å²) in [5, 5.41) is 2.66. The van der Waals surface area contributed by atoms with Crippen LogP contribution in [-0.2, 0) is 11.2 Å². The lowest BCUT2D eigenvalue weighted by molar-refractivity contribution is -0.115. The van der Waals surface area contributed by atoms with Gasteiger partial charge in [0, 0.05) is 6.20 Å². The van der Waals surface area contributed by atoms with Crippen molar-refractivity contribution in [2.75, 3.05) is 5.32 Å². The molecule has 0 saturated heterocycles. The maximum atomic E-state index is 12.9. The van der Waals surface area contributed by atoms with Crippen LogP contribution in [0.15, 0.2) is 42.6 Å². The zero-order chi connectivity index (χ0) is 13.0. The topological polar surface area (TPSA) is 42.0 Å². The molecule has 4 heteroatoms. The van der Waals surface area contributed by atoms with Crippen LogP contribution in [0, 0.1) is 12.7 Å². The molecular weight excluding hydrogens is 231 g/mol. The van der Waals surface area contributed by atoms with Gasteiger partial charge in [-0.15, -0.1) is 0 Å². The molecule has 0 bridgehead atoms. The standard InChI is InChI=1S/C14H13FN2O/c1-10-5-6-13(16-9-10)17-14(18)8-11-3-2-4-12(15)7-11/h2-7,9H,8H2,1H3,(H,16,17,18). The van der Waals surface area contributed by atoms with Crippen molar-refractivity contribution in [2.45, 2.75) is 13.3 Å². The van der Waals surface area contributed by atoms with Crippen LogP contribution in [0.4, 0.5) is 10.2 Å². The first kappa shape index (κ1) is 12.2. The number of nitrogens with zero attached hydrogens (tertiary/aromatic N) is 1. The Balaban J connectivity index is 1.98. The zero-order valence-electron chi connectivity index (χ0n) is 9.98. The van der Waals surface area contributed by atoms with Gasteiger partial charge in [-0.25, -0.2) is 9.37 Å². The Hall–Kier alpha value is -2.23. The Labute approximate surface area is 105 Å². The van der Waals surface area contributed by atoms with E-state index in [1.54, 1.807) is 24.4 Å². The van der Waals surface area contributed by atoms with Crippen molar-refractivity contribution in [1.29, 1.82) is 0 Å². The summed E-state index contributed by atoms with van der Waals surface area (Å²) in [4.78, 5) is 15.8. The van der Waals surface area contributed by atoms with Crippen LogP contribution in [0.2, 0.25) is 0 Å². The third-order valence-electron chi connectivity index (χ3n) is 2.43. The van der Waals surface area contributed by atoms with Crippen molar-refractivity contribution < 1.29 is 9.18 Å². The molecule has 18 heavy (non-hydrogen) atoms. The van der Waals surface area contributed by atoms with Gasteiger partial charge in [0.1, 0.15) is 11.6 Å². The van der Waals surface area contributed by atoms with E-state index in [-0.39, 0.29) is 18.1 Å². The zero-order valence-corrected chi connectivity index (χ0v) is 9.98. The molecule has 0 aliphatic carbocycles. The fraction of sp³-hybridized carbons (Fsp3) is 0.143. The number of aromatic nitrogens is 1. The van der Waals surface area contributed by atoms with Crippen molar-refractivity contribution in [3.8, 4) is 0 Å². The van der Waals surface area contributed by atoms with Crippen molar-refractivity contribution in [1.82, 2.24) is 4.98 Å². The molecule has 1 aromatic heterocycles. The molecule has 3 nitrogen and oxygen atoms in total. The minimum atomic E-state index is -0.339. The van der Waals surface area contributed by atoms with Crippen molar-refractivity contribution >= 4 is 11.7 Å². The molecule has 0 aliphatic rings. The molecule has 0 aliphatic heterocycles. The number of amides is 1. The number of hydrogen-bond donors (Lipinski definition) is 1. The summed E-state index contributed by atoms with van der Waals surface area (Å²) in [6.07, 6.45) is 1.81. The SMILES string of the molecule is Cc1ccc(NC(=O)Cc2cccc(F)c2)nc1. The highest BCUT2D eigenvalue weighted by Crippen LogP contribution is 2.07. The van der Waals surface area contributed by atoms with Crippen LogP contribution in [0.25, 0.3) is 0 Å². The number of halogens is 1. The molecule has 1 amide bonds. The molecule has 1 N–H and O–H groups in total. The summed E-state index contributed by atoms with van der Waals surface area (Å²) in [5.41, 5.74) is 1.66. The molecular formula is C14H13FN2O. The number of hydrogen-bond acceptors (Lipinski definition) is 2. The molecule has 2 aromatic rings. The van der Waals surface area contributed by atoms with Crippen LogP contribution in [-0.4, -0.2) is 10.9 Å². The lowest BCUT2D eigenvalue weighted by Crippen LogP contribution is -2.15. The molecule has 1 heterocycles. The van der Waals surface area contributed by atoms with E-state index in [0.29, 0.717) is 11.4 Å². The van der Waals surface area contributed by atoms with E-state index < -0.39 is 0 Å². The fourth-order valence-corrected chi connectivity index (χ4v) is 1.56. The van der Waals surface area contributed by atoms with E-state index in [2.05, 4.69) is 10.3 Å². The summed E-state index contributed by atoms with van der Waals surface area (Å²) in [6.45, 7) is 1.92. The fourth-order valence-electron chi connectivity index (χ4n) is 1.56. The van der Waals surface area contributed by atoms with E-state index >= 15 is 0 Å². The smallest absolute Gasteiger partial charge is 0.229 e. The summed E-state index contributed by atoms with van der Waals surface area (Å²) in [7, 11) is 0. The normalized spacial score (nSPS) is 10.1. The minimum absolute atomic E-state index is 0.132. The largest absolute Gasteiger partial charge is 0.310 e. The van der Waals surface area contributed by atoms with Crippen molar-refractivity contribution in [3.05, 3.63) is 59.5 Å². The molecule has 0 radical (unpaired) electrons. The van der Waals surface area contributed by atoms with E-state index in [1.807, 2.05) is 13.0 Å². The molecule has 2 rings (SSSR count). The third kappa shape index (κ3) is 3.38. The molecule has 0 atom stereocenters. The molecule has 0 saturated carbocycles. The van der Waals surface area contributed by atoms with Gasteiger partial charge in [0.2, 0.25) is 5.91 Å². The van der Waals surface area contributed by atoms with Crippen LogP contribution < -0.4 is 5.32 Å². The molecule has 0 spiro atoms. The predicted octanol–water partition coefficient (Wildman–Crippen LogP) is 2.71. The van der Waals surface area contributed by atoms with Gasteiger partial charge < -0.3 is 5.32 Å². The molecule has 92 valence electrons. The number of rotatable bonds is 3. The Kier molecular flexibility index (Phi) is 3.67. The number of aryl methyl sites for hydroxylation is 1. The number of benzene rings is 1. The van der Waals surface area contributed by atoms with E-state index in [0.717, 1.165) is 5.56 Å². The minimum Gasteiger partial charge on any atom is -0.310 e. The highest BCUT2D eigenvalue weighted by atomic mass is 19.1. The first-order chi connectivity index (χ1) is 8.63. The second kappa shape index (κ2) is 5.40. The van der Waals surface area contributed by atoms with Gasteiger partial charge in [-0.3, -0.25) is 4.79 Å². The number of carbonyl (C=O) groups excluding carboxylic acids is 1. The summed E-state index contributed by atoms with van der Waals surface area (Å²) in [6, 6.07) is 9.60. The van der Waals surface area contributed by atoms with Crippen molar-refractivity contribution in [3.63, 3.8) is 0 Å². The number of pyridine rings is 1. The highest BCUT2D eigenvalue weighted by Gasteiger charge is 2.05. The Morgan fingerprint density at radius 3 is 2.83 bits per heavy atom. The summed E-state index contributed by atoms with van der Waals surface area (Å²) in [5.74, 6) is -0.0484. The Bertz CT molecular complexity index is 552. The second-order valence-electron chi connectivity index (χ2n) is 4.08. The first-order valence-electron chi connectivity index (χ1n) is 5.60. The number of anilines is 1. The van der Waals surface area contributed by atoms with Gasteiger partial charge in [0.15, 0.2) is 0 Å². The number of carbonyl (C=O) groups is 1.